The topological polar surface area (TPSA) is 78.9 Å². The van der Waals surface area contributed by atoms with Crippen LogP contribution in [-0.2, 0) is 28.6 Å². The lowest BCUT2D eigenvalue weighted by molar-refractivity contribution is -0.167. The monoisotopic (exact) mass is 1070 g/mol. The zero-order chi connectivity index (χ0) is 55.0. The van der Waals surface area contributed by atoms with E-state index in [1.54, 1.807) is 0 Å². The van der Waals surface area contributed by atoms with Crippen LogP contribution >= 0.6 is 0 Å². The third-order valence-corrected chi connectivity index (χ3v) is 16.4. The van der Waals surface area contributed by atoms with Crippen LogP contribution in [-0.4, -0.2) is 37.2 Å². The fourth-order valence-corrected chi connectivity index (χ4v) is 11.1. The Morgan fingerprint density at radius 1 is 0.211 bits per heavy atom. The highest BCUT2D eigenvalue weighted by molar-refractivity contribution is 5.71. The van der Waals surface area contributed by atoms with Gasteiger partial charge in [0.05, 0.1) is 0 Å². The van der Waals surface area contributed by atoms with Crippen molar-refractivity contribution in [2.75, 3.05) is 13.2 Å². The lowest BCUT2D eigenvalue weighted by Crippen LogP contribution is -2.30. The van der Waals surface area contributed by atoms with Gasteiger partial charge in [-0.1, -0.05) is 374 Å². The largest absolute Gasteiger partial charge is 0.462 e. The van der Waals surface area contributed by atoms with E-state index in [4.69, 9.17) is 14.2 Å². The highest BCUT2D eigenvalue weighted by atomic mass is 16.6. The van der Waals surface area contributed by atoms with E-state index in [9.17, 15) is 14.4 Å². The Morgan fingerprint density at radius 2 is 0.355 bits per heavy atom. The molecule has 0 aromatic carbocycles. The van der Waals surface area contributed by atoms with E-state index < -0.39 is 6.10 Å². The lowest BCUT2D eigenvalue weighted by Gasteiger charge is -2.18. The van der Waals surface area contributed by atoms with Crippen molar-refractivity contribution in [3.05, 3.63) is 0 Å². The molecule has 0 heterocycles. The van der Waals surface area contributed by atoms with Crippen LogP contribution < -0.4 is 0 Å². The summed E-state index contributed by atoms with van der Waals surface area (Å²) >= 11 is 0. The first-order chi connectivity index (χ1) is 37.5. The van der Waals surface area contributed by atoms with Crippen LogP contribution in [0.5, 0.6) is 0 Å². The van der Waals surface area contributed by atoms with Crippen molar-refractivity contribution < 1.29 is 28.6 Å². The van der Waals surface area contributed by atoms with E-state index in [1.165, 1.54) is 315 Å². The van der Waals surface area contributed by atoms with E-state index in [0.29, 0.717) is 19.3 Å². The summed E-state index contributed by atoms with van der Waals surface area (Å²) in [6, 6.07) is 0. The lowest BCUT2D eigenvalue weighted by atomic mass is 10.0. The van der Waals surface area contributed by atoms with Gasteiger partial charge in [0.2, 0.25) is 0 Å². The first-order valence-electron chi connectivity index (χ1n) is 35.0. The maximum Gasteiger partial charge on any atom is 0.306 e. The number of carbonyl (C=O) groups is 3. The summed E-state index contributed by atoms with van der Waals surface area (Å²) in [4.78, 5) is 38.4. The van der Waals surface area contributed by atoms with Gasteiger partial charge >= 0.3 is 17.9 Å². The number of hydrogen-bond donors (Lipinski definition) is 0. The molecular weight excluding hydrogens is 937 g/mol. The molecule has 0 amide bonds. The number of esters is 3. The third-order valence-electron chi connectivity index (χ3n) is 16.4. The van der Waals surface area contributed by atoms with E-state index >= 15 is 0 Å². The molecule has 0 aromatic heterocycles. The average Bonchev–Trinajstić information content (AvgIpc) is 3.42. The number of ether oxygens (including phenoxy) is 3. The summed E-state index contributed by atoms with van der Waals surface area (Å²) in [5, 5.41) is 0. The van der Waals surface area contributed by atoms with E-state index in [1.807, 2.05) is 0 Å². The van der Waals surface area contributed by atoms with E-state index in [0.717, 1.165) is 57.8 Å². The van der Waals surface area contributed by atoms with Gasteiger partial charge in [0.1, 0.15) is 13.2 Å². The molecule has 452 valence electrons. The Morgan fingerprint density at radius 3 is 0.526 bits per heavy atom. The number of carbonyl (C=O) groups excluding carboxylic acids is 3. The predicted octanol–water partition coefficient (Wildman–Crippen LogP) is 23.8. The van der Waals surface area contributed by atoms with Crippen molar-refractivity contribution in [2.45, 2.75) is 419 Å². The van der Waals surface area contributed by atoms with Crippen molar-refractivity contribution in [3.63, 3.8) is 0 Å². The Labute approximate surface area is 476 Å². The molecule has 76 heavy (non-hydrogen) atoms. The summed E-state index contributed by atoms with van der Waals surface area (Å²) in [5.41, 5.74) is 0. The van der Waals surface area contributed by atoms with Crippen LogP contribution in [0.2, 0.25) is 0 Å². The van der Waals surface area contributed by atoms with Crippen LogP contribution in [0.25, 0.3) is 0 Å². The standard InChI is InChI=1S/C70H136O6/c1-4-7-10-13-16-19-22-25-28-30-31-32-33-34-35-36-37-38-40-42-45-48-51-54-57-60-63-69(72)75-66-67(65-74-68(71)62-59-56-53-50-47-44-41-27-24-21-18-15-12-9-6-3)76-70(73)64-61-58-55-52-49-46-43-39-29-26-23-20-17-14-11-8-5-2/h67H,4-66H2,1-3H3. The van der Waals surface area contributed by atoms with Gasteiger partial charge in [-0.3, -0.25) is 14.4 Å². The number of hydrogen-bond acceptors (Lipinski definition) is 6. The van der Waals surface area contributed by atoms with Gasteiger partial charge in [-0.15, -0.1) is 0 Å². The Bertz CT molecular complexity index is 1140. The molecule has 1 atom stereocenters. The summed E-state index contributed by atoms with van der Waals surface area (Å²) in [7, 11) is 0. The molecule has 6 heteroatoms. The molecule has 1 unspecified atom stereocenters. The molecule has 0 aromatic rings. The highest BCUT2D eigenvalue weighted by Crippen LogP contribution is 2.19. The van der Waals surface area contributed by atoms with Crippen molar-refractivity contribution in [1.82, 2.24) is 0 Å². The smallest absolute Gasteiger partial charge is 0.306 e. The summed E-state index contributed by atoms with van der Waals surface area (Å²) < 4.78 is 17.0. The molecule has 0 rings (SSSR count). The molecule has 6 nitrogen and oxygen atoms in total. The molecular formula is C70H136O6. The molecule has 0 fully saturated rings. The van der Waals surface area contributed by atoms with E-state index in [2.05, 4.69) is 20.8 Å². The predicted molar refractivity (Wildman–Crippen MR) is 330 cm³/mol. The Balaban J connectivity index is 4.19. The van der Waals surface area contributed by atoms with Crippen LogP contribution in [0.15, 0.2) is 0 Å². The zero-order valence-corrected chi connectivity index (χ0v) is 52.1. The Hall–Kier alpha value is -1.59. The molecule has 0 aliphatic heterocycles. The number of unbranched alkanes of at least 4 members (excludes halogenated alkanes) is 55. The molecule has 0 aliphatic carbocycles. The highest BCUT2D eigenvalue weighted by Gasteiger charge is 2.19. The molecule has 0 bridgehead atoms. The van der Waals surface area contributed by atoms with Gasteiger partial charge in [0.15, 0.2) is 6.10 Å². The Kier molecular flexibility index (Phi) is 64.5. The van der Waals surface area contributed by atoms with Gasteiger partial charge in [0, 0.05) is 19.3 Å². The summed E-state index contributed by atoms with van der Waals surface area (Å²) in [6.45, 7) is 6.74. The van der Waals surface area contributed by atoms with Gasteiger partial charge in [-0.25, -0.2) is 0 Å². The minimum Gasteiger partial charge on any atom is -0.462 e. The molecule has 0 N–H and O–H groups in total. The second-order valence-electron chi connectivity index (χ2n) is 24.2. The maximum atomic E-state index is 12.9. The number of rotatable bonds is 66. The molecule has 0 aliphatic rings. The SMILES string of the molecule is CCCCCCCCCCCCCCCCCCCCCCCCCCCCC(=O)OCC(COC(=O)CCCCCCCCCCCCCCCCC)OC(=O)CCCCCCCCCCCCCCCCCCC. The van der Waals surface area contributed by atoms with Crippen molar-refractivity contribution in [1.29, 1.82) is 0 Å². The molecule has 0 saturated carbocycles. The summed E-state index contributed by atoms with van der Waals surface area (Å²) in [5.74, 6) is -0.820. The van der Waals surface area contributed by atoms with Crippen LogP contribution in [0.3, 0.4) is 0 Å². The first kappa shape index (κ1) is 74.4. The second-order valence-corrected chi connectivity index (χ2v) is 24.2. The molecule has 0 radical (unpaired) electrons. The molecule has 0 saturated heterocycles. The van der Waals surface area contributed by atoms with Crippen molar-refractivity contribution >= 4 is 17.9 Å². The molecule has 0 spiro atoms. The van der Waals surface area contributed by atoms with Crippen molar-refractivity contribution in [2.24, 2.45) is 0 Å². The minimum absolute atomic E-state index is 0.0602. The quantitative estimate of drug-likeness (QED) is 0.0343. The normalized spacial score (nSPS) is 11.9. The minimum atomic E-state index is -0.763. The van der Waals surface area contributed by atoms with Gasteiger partial charge in [-0.05, 0) is 19.3 Å². The fraction of sp³-hybridized carbons (Fsp3) is 0.957. The van der Waals surface area contributed by atoms with Gasteiger partial charge < -0.3 is 14.2 Å². The maximum absolute atomic E-state index is 12.9. The van der Waals surface area contributed by atoms with Crippen LogP contribution in [0.1, 0.15) is 412 Å². The zero-order valence-electron chi connectivity index (χ0n) is 52.1. The third kappa shape index (κ3) is 63.2. The summed E-state index contributed by atoms with van der Waals surface area (Å²) in [6.07, 6.45) is 77.0. The average molecular weight is 1070 g/mol. The van der Waals surface area contributed by atoms with Crippen LogP contribution in [0.4, 0.5) is 0 Å². The first-order valence-corrected chi connectivity index (χ1v) is 35.0. The van der Waals surface area contributed by atoms with Gasteiger partial charge in [0.25, 0.3) is 0 Å². The van der Waals surface area contributed by atoms with E-state index in [-0.39, 0.29) is 31.1 Å². The van der Waals surface area contributed by atoms with Crippen molar-refractivity contribution in [3.8, 4) is 0 Å². The fourth-order valence-electron chi connectivity index (χ4n) is 11.1. The van der Waals surface area contributed by atoms with Crippen LogP contribution in [0, 0.1) is 0 Å². The second kappa shape index (κ2) is 65.9. The van der Waals surface area contributed by atoms with Gasteiger partial charge in [-0.2, -0.15) is 0 Å².